The highest BCUT2D eigenvalue weighted by atomic mass is 16.4. The van der Waals surface area contributed by atoms with Crippen molar-refractivity contribution < 1.29 is 9.21 Å². The van der Waals surface area contributed by atoms with Crippen LogP contribution in [0.3, 0.4) is 0 Å². The number of aromatic nitrogens is 1. The van der Waals surface area contributed by atoms with Gasteiger partial charge in [-0.3, -0.25) is 4.79 Å². The van der Waals surface area contributed by atoms with E-state index in [0.29, 0.717) is 24.7 Å². The highest BCUT2D eigenvalue weighted by Crippen LogP contribution is 2.24. The molecule has 0 aliphatic rings. The van der Waals surface area contributed by atoms with Crippen LogP contribution in [0.15, 0.2) is 59.1 Å². The Morgan fingerprint density at radius 2 is 1.66 bits per heavy atom. The van der Waals surface area contributed by atoms with Crippen molar-refractivity contribution in [3.8, 4) is 11.3 Å². The fraction of sp³-hybridized carbons (Fsp3) is 0.360. The van der Waals surface area contributed by atoms with Crippen molar-refractivity contribution in [2.75, 3.05) is 0 Å². The molecule has 2 aromatic carbocycles. The summed E-state index contributed by atoms with van der Waals surface area (Å²) in [5, 5.41) is 3.05. The molecule has 1 aromatic heterocycles. The van der Waals surface area contributed by atoms with Crippen LogP contribution in [-0.2, 0) is 17.6 Å². The average molecular weight is 391 g/mol. The molecule has 0 aliphatic heterocycles. The lowest BCUT2D eigenvalue weighted by Gasteiger charge is -2.14. The number of hydrogen-bond donors (Lipinski definition) is 1. The maximum atomic E-state index is 12.3. The first-order valence-electron chi connectivity index (χ1n) is 10.4. The van der Waals surface area contributed by atoms with Crippen molar-refractivity contribution in [3.63, 3.8) is 0 Å². The maximum absolute atomic E-state index is 12.3. The van der Waals surface area contributed by atoms with E-state index in [1.54, 1.807) is 6.20 Å². The summed E-state index contributed by atoms with van der Waals surface area (Å²) in [7, 11) is 0. The van der Waals surface area contributed by atoms with Gasteiger partial charge >= 0.3 is 0 Å². The van der Waals surface area contributed by atoms with Crippen LogP contribution >= 0.6 is 0 Å². The molecule has 0 spiro atoms. The number of carbonyl (C=O) groups excluding carboxylic acids is 1. The third kappa shape index (κ3) is 5.57. The van der Waals surface area contributed by atoms with E-state index in [4.69, 9.17) is 4.42 Å². The lowest BCUT2D eigenvalue weighted by Crippen LogP contribution is -2.26. The van der Waals surface area contributed by atoms with Gasteiger partial charge in [0, 0.05) is 18.4 Å². The highest BCUT2D eigenvalue weighted by Gasteiger charge is 2.12. The molecular weight excluding hydrogens is 360 g/mol. The summed E-state index contributed by atoms with van der Waals surface area (Å²) in [4.78, 5) is 16.7. The number of nitrogens with one attached hydrogen (secondary N) is 1. The zero-order valence-corrected chi connectivity index (χ0v) is 17.7. The van der Waals surface area contributed by atoms with Crippen LogP contribution in [0, 0.1) is 0 Å². The Kier molecular flexibility index (Phi) is 6.86. The molecule has 1 heterocycles. The van der Waals surface area contributed by atoms with Gasteiger partial charge in [-0.25, -0.2) is 4.98 Å². The highest BCUT2D eigenvalue weighted by molar-refractivity contribution is 5.76. The minimum atomic E-state index is -0.0204. The van der Waals surface area contributed by atoms with Gasteiger partial charge in [-0.15, -0.1) is 0 Å². The average Bonchev–Trinajstić information content (AvgIpc) is 3.21. The van der Waals surface area contributed by atoms with Crippen molar-refractivity contribution in [2.24, 2.45) is 0 Å². The molecule has 4 heteroatoms. The summed E-state index contributed by atoms with van der Waals surface area (Å²) in [6, 6.07) is 16.7. The molecule has 29 heavy (non-hydrogen) atoms. The topological polar surface area (TPSA) is 55.1 Å². The SMILES string of the molecule is CCc1ccc(C(C)NC(=O)CCc2ncc(-c3ccc(C(C)C)cc3)o2)cc1. The Morgan fingerprint density at radius 3 is 2.28 bits per heavy atom. The number of carbonyl (C=O) groups is 1. The van der Waals surface area contributed by atoms with Gasteiger partial charge in [0.2, 0.25) is 5.91 Å². The van der Waals surface area contributed by atoms with Gasteiger partial charge in [-0.2, -0.15) is 0 Å². The third-order valence-electron chi connectivity index (χ3n) is 5.25. The van der Waals surface area contributed by atoms with Crippen LogP contribution in [0.4, 0.5) is 0 Å². The molecule has 0 saturated heterocycles. The van der Waals surface area contributed by atoms with Gasteiger partial charge < -0.3 is 9.73 Å². The molecule has 0 bridgehead atoms. The lowest BCUT2D eigenvalue weighted by atomic mass is 10.0. The first-order chi connectivity index (χ1) is 14.0. The monoisotopic (exact) mass is 390 g/mol. The first-order valence-corrected chi connectivity index (χ1v) is 10.4. The van der Waals surface area contributed by atoms with Gasteiger partial charge in [-0.1, -0.05) is 69.3 Å². The zero-order chi connectivity index (χ0) is 20.8. The van der Waals surface area contributed by atoms with Crippen molar-refractivity contribution in [1.82, 2.24) is 10.3 Å². The number of amides is 1. The predicted octanol–water partition coefficient (Wildman–Crippen LogP) is 5.84. The van der Waals surface area contributed by atoms with E-state index >= 15 is 0 Å². The number of hydrogen-bond acceptors (Lipinski definition) is 3. The normalized spacial score (nSPS) is 12.2. The molecule has 4 nitrogen and oxygen atoms in total. The van der Waals surface area contributed by atoms with E-state index in [0.717, 1.165) is 23.3 Å². The van der Waals surface area contributed by atoms with E-state index in [1.165, 1.54) is 11.1 Å². The summed E-state index contributed by atoms with van der Waals surface area (Å²) in [6.07, 6.45) is 3.58. The third-order valence-corrected chi connectivity index (χ3v) is 5.25. The van der Waals surface area contributed by atoms with Gasteiger partial charge in [0.15, 0.2) is 11.7 Å². The molecule has 0 fully saturated rings. The Morgan fingerprint density at radius 1 is 1.00 bits per heavy atom. The first kappa shape index (κ1) is 20.8. The molecule has 0 radical (unpaired) electrons. The van der Waals surface area contributed by atoms with E-state index in [1.807, 2.05) is 6.92 Å². The molecular formula is C25H30N2O2. The van der Waals surface area contributed by atoms with Crippen LogP contribution in [0.2, 0.25) is 0 Å². The number of benzene rings is 2. The van der Waals surface area contributed by atoms with Crippen LogP contribution in [-0.4, -0.2) is 10.9 Å². The van der Waals surface area contributed by atoms with Gasteiger partial charge in [-0.05, 0) is 36.0 Å². The second kappa shape index (κ2) is 9.55. The zero-order valence-electron chi connectivity index (χ0n) is 17.7. The summed E-state index contributed by atoms with van der Waals surface area (Å²) in [5.74, 6) is 1.82. The Labute approximate surface area is 173 Å². The van der Waals surface area contributed by atoms with Crippen LogP contribution < -0.4 is 5.32 Å². The number of rotatable bonds is 8. The summed E-state index contributed by atoms with van der Waals surface area (Å²) in [5.41, 5.74) is 4.70. The minimum Gasteiger partial charge on any atom is -0.441 e. The largest absolute Gasteiger partial charge is 0.441 e. The lowest BCUT2D eigenvalue weighted by molar-refractivity contribution is -0.121. The smallest absolute Gasteiger partial charge is 0.220 e. The Balaban J connectivity index is 1.52. The summed E-state index contributed by atoms with van der Waals surface area (Å²) in [6.45, 7) is 8.49. The fourth-order valence-corrected chi connectivity index (χ4v) is 3.25. The van der Waals surface area contributed by atoms with Gasteiger partial charge in [0.25, 0.3) is 0 Å². The predicted molar refractivity (Wildman–Crippen MR) is 117 cm³/mol. The summed E-state index contributed by atoms with van der Waals surface area (Å²) < 4.78 is 5.84. The van der Waals surface area contributed by atoms with Crippen molar-refractivity contribution in [1.29, 1.82) is 0 Å². The molecule has 1 amide bonds. The van der Waals surface area contributed by atoms with Crippen LogP contribution in [0.5, 0.6) is 0 Å². The van der Waals surface area contributed by atoms with E-state index in [2.05, 4.69) is 79.6 Å². The van der Waals surface area contributed by atoms with E-state index in [-0.39, 0.29) is 11.9 Å². The van der Waals surface area contributed by atoms with Crippen molar-refractivity contribution in [3.05, 3.63) is 77.3 Å². The minimum absolute atomic E-state index is 0.00176. The number of nitrogens with zero attached hydrogens (tertiary/aromatic N) is 1. The molecule has 152 valence electrons. The van der Waals surface area contributed by atoms with Gasteiger partial charge in [0.05, 0.1) is 12.2 Å². The molecule has 3 aromatic rings. The van der Waals surface area contributed by atoms with Crippen LogP contribution in [0.1, 0.15) is 68.7 Å². The molecule has 0 saturated carbocycles. The summed E-state index contributed by atoms with van der Waals surface area (Å²) >= 11 is 0. The molecule has 1 N–H and O–H groups in total. The quantitative estimate of drug-likeness (QED) is 0.526. The number of oxazole rings is 1. The van der Waals surface area contributed by atoms with Crippen molar-refractivity contribution in [2.45, 2.75) is 58.9 Å². The molecule has 1 atom stereocenters. The molecule has 0 aliphatic carbocycles. The number of aryl methyl sites for hydroxylation is 2. The van der Waals surface area contributed by atoms with E-state index in [9.17, 15) is 4.79 Å². The Hall–Kier alpha value is -2.88. The fourth-order valence-electron chi connectivity index (χ4n) is 3.25. The standard InChI is InChI=1S/C25H30N2O2/c1-5-19-6-8-21(9-7-19)18(4)27-24(28)14-15-25-26-16-23(29-25)22-12-10-20(11-13-22)17(2)3/h6-13,16-18H,5,14-15H2,1-4H3,(H,27,28). The maximum Gasteiger partial charge on any atom is 0.220 e. The van der Waals surface area contributed by atoms with Crippen LogP contribution in [0.25, 0.3) is 11.3 Å². The second-order valence-corrected chi connectivity index (χ2v) is 7.78. The molecule has 3 rings (SSSR count). The van der Waals surface area contributed by atoms with Crippen molar-refractivity contribution >= 4 is 5.91 Å². The van der Waals surface area contributed by atoms with E-state index < -0.39 is 0 Å². The second-order valence-electron chi connectivity index (χ2n) is 7.78. The molecule has 1 unspecified atom stereocenters. The Bertz CT molecular complexity index is 924. The van der Waals surface area contributed by atoms with Gasteiger partial charge in [0.1, 0.15) is 0 Å².